The molecule has 3 rings (SSSR count). The highest BCUT2D eigenvalue weighted by molar-refractivity contribution is 5.94. The van der Waals surface area contributed by atoms with Gasteiger partial charge >= 0.3 is 0 Å². The SMILES string of the molecule is CC(C)C[C@H](CO)Nc1nc(NCCOCCOCCNC(=O)c2ccccc2)nc(NCC2CCCCC2)n1. The molecule has 1 aliphatic rings. The van der Waals surface area contributed by atoms with Crippen molar-refractivity contribution in [3.63, 3.8) is 0 Å². The fourth-order valence-electron chi connectivity index (χ4n) is 4.64. The molecule has 1 fully saturated rings. The minimum Gasteiger partial charge on any atom is -0.394 e. The fraction of sp³-hybridized carbons (Fsp3) is 0.655. The van der Waals surface area contributed by atoms with E-state index < -0.39 is 0 Å². The first-order valence-corrected chi connectivity index (χ1v) is 14.6. The summed E-state index contributed by atoms with van der Waals surface area (Å²) in [7, 11) is 0. The van der Waals surface area contributed by atoms with Gasteiger partial charge in [0.05, 0.1) is 39.1 Å². The zero-order valence-electron chi connectivity index (χ0n) is 24.0. The molecule has 2 aromatic rings. The zero-order chi connectivity index (χ0) is 28.4. The van der Waals surface area contributed by atoms with E-state index >= 15 is 0 Å². The minimum atomic E-state index is -0.128. The van der Waals surface area contributed by atoms with Crippen molar-refractivity contribution in [3.8, 4) is 0 Å². The molecule has 1 heterocycles. The Kier molecular flexibility index (Phi) is 14.5. The Bertz CT molecular complexity index is 974. The summed E-state index contributed by atoms with van der Waals surface area (Å²) in [5, 5.41) is 22.5. The van der Waals surface area contributed by atoms with Crippen LogP contribution in [-0.4, -0.2) is 84.7 Å². The van der Waals surface area contributed by atoms with Crippen molar-refractivity contribution in [3.05, 3.63) is 35.9 Å². The normalized spacial score (nSPS) is 14.6. The molecular formula is C29H47N7O4. The van der Waals surface area contributed by atoms with Crippen LogP contribution in [0, 0.1) is 11.8 Å². The van der Waals surface area contributed by atoms with Gasteiger partial charge < -0.3 is 35.8 Å². The number of ether oxygens (including phenoxy) is 2. The van der Waals surface area contributed by atoms with E-state index in [1.165, 1.54) is 32.1 Å². The topological polar surface area (TPSA) is 143 Å². The van der Waals surface area contributed by atoms with Crippen molar-refractivity contribution in [1.82, 2.24) is 20.3 Å². The van der Waals surface area contributed by atoms with Gasteiger partial charge in [-0.05, 0) is 43.2 Å². The Balaban J connectivity index is 1.37. The number of aliphatic hydroxyl groups is 1. The lowest BCUT2D eigenvalue weighted by Crippen LogP contribution is -2.28. The van der Waals surface area contributed by atoms with Gasteiger partial charge in [0.25, 0.3) is 5.91 Å². The second kappa shape index (κ2) is 18.4. The van der Waals surface area contributed by atoms with E-state index in [4.69, 9.17) is 9.47 Å². The fourth-order valence-corrected chi connectivity index (χ4v) is 4.64. The first-order valence-electron chi connectivity index (χ1n) is 14.6. The van der Waals surface area contributed by atoms with E-state index in [2.05, 4.69) is 50.1 Å². The summed E-state index contributed by atoms with van der Waals surface area (Å²) >= 11 is 0. The summed E-state index contributed by atoms with van der Waals surface area (Å²) in [5.74, 6) is 2.39. The molecule has 5 N–H and O–H groups in total. The molecule has 222 valence electrons. The Labute approximate surface area is 238 Å². The second-order valence-corrected chi connectivity index (χ2v) is 10.6. The summed E-state index contributed by atoms with van der Waals surface area (Å²) in [4.78, 5) is 25.6. The molecule has 0 bridgehead atoms. The quantitative estimate of drug-likeness (QED) is 0.163. The Morgan fingerprint density at radius 2 is 1.55 bits per heavy atom. The van der Waals surface area contributed by atoms with Gasteiger partial charge in [-0.3, -0.25) is 4.79 Å². The zero-order valence-corrected chi connectivity index (χ0v) is 24.0. The number of rotatable bonds is 19. The average Bonchev–Trinajstić information content (AvgIpc) is 2.97. The van der Waals surface area contributed by atoms with Crippen LogP contribution in [0.1, 0.15) is 62.7 Å². The Morgan fingerprint density at radius 1 is 0.900 bits per heavy atom. The van der Waals surface area contributed by atoms with E-state index in [1.807, 2.05) is 18.2 Å². The maximum Gasteiger partial charge on any atom is 0.251 e. The van der Waals surface area contributed by atoms with Gasteiger partial charge in [-0.15, -0.1) is 0 Å². The molecule has 11 nitrogen and oxygen atoms in total. The summed E-state index contributed by atoms with van der Waals surface area (Å²) in [6, 6.07) is 8.98. The number of nitrogens with zero attached hydrogens (tertiary/aromatic N) is 3. The molecule has 0 aliphatic heterocycles. The third kappa shape index (κ3) is 12.4. The summed E-state index contributed by atoms with van der Waals surface area (Å²) < 4.78 is 11.2. The number of amides is 1. The number of nitrogens with one attached hydrogen (secondary N) is 4. The monoisotopic (exact) mass is 557 g/mol. The second-order valence-electron chi connectivity index (χ2n) is 10.6. The van der Waals surface area contributed by atoms with Crippen molar-refractivity contribution in [1.29, 1.82) is 0 Å². The number of carbonyl (C=O) groups is 1. The maximum absolute atomic E-state index is 12.0. The van der Waals surface area contributed by atoms with E-state index in [1.54, 1.807) is 12.1 Å². The van der Waals surface area contributed by atoms with Crippen molar-refractivity contribution in [2.24, 2.45) is 11.8 Å². The van der Waals surface area contributed by atoms with Gasteiger partial charge in [-0.1, -0.05) is 51.3 Å². The molecule has 0 spiro atoms. The van der Waals surface area contributed by atoms with E-state index in [0.29, 0.717) is 74.8 Å². The van der Waals surface area contributed by atoms with Crippen LogP contribution in [0.5, 0.6) is 0 Å². The van der Waals surface area contributed by atoms with Crippen molar-refractivity contribution < 1.29 is 19.4 Å². The highest BCUT2D eigenvalue weighted by Gasteiger charge is 2.16. The first-order chi connectivity index (χ1) is 19.5. The van der Waals surface area contributed by atoms with Crippen LogP contribution < -0.4 is 21.3 Å². The molecule has 40 heavy (non-hydrogen) atoms. The number of hydrogen-bond acceptors (Lipinski definition) is 10. The van der Waals surface area contributed by atoms with Crippen LogP contribution in [0.15, 0.2) is 30.3 Å². The Morgan fingerprint density at radius 3 is 2.23 bits per heavy atom. The van der Waals surface area contributed by atoms with Crippen LogP contribution in [0.25, 0.3) is 0 Å². The minimum absolute atomic E-state index is 0.00671. The highest BCUT2D eigenvalue weighted by Crippen LogP contribution is 2.24. The number of aliphatic hydroxyl groups excluding tert-OH is 1. The molecule has 1 aliphatic carbocycles. The van der Waals surface area contributed by atoms with Crippen LogP contribution in [0.2, 0.25) is 0 Å². The van der Waals surface area contributed by atoms with Gasteiger partial charge in [-0.25, -0.2) is 0 Å². The molecule has 1 aromatic heterocycles. The van der Waals surface area contributed by atoms with Crippen LogP contribution in [-0.2, 0) is 9.47 Å². The van der Waals surface area contributed by atoms with E-state index in [-0.39, 0.29) is 18.6 Å². The number of carbonyl (C=O) groups excluding carboxylic acids is 1. The molecule has 1 aromatic carbocycles. The van der Waals surface area contributed by atoms with Gasteiger partial charge in [0.15, 0.2) is 0 Å². The summed E-state index contributed by atoms with van der Waals surface area (Å²) in [5.41, 5.74) is 0.635. The van der Waals surface area contributed by atoms with Gasteiger partial charge in [0, 0.05) is 25.2 Å². The van der Waals surface area contributed by atoms with Gasteiger partial charge in [0.1, 0.15) is 0 Å². The maximum atomic E-state index is 12.0. The summed E-state index contributed by atoms with van der Waals surface area (Å²) in [6.07, 6.45) is 7.17. The number of aromatic nitrogens is 3. The van der Waals surface area contributed by atoms with Crippen LogP contribution >= 0.6 is 0 Å². The molecule has 0 unspecified atom stereocenters. The van der Waals surface area contributed by atoms with E-state index in [0.717, 1.165) is 13.0 Å². The highest BCUT2D eigenvalue weighted by atomic mass is 16.5. The molecular weight excluding hydrogens is 510 g/mol. The van der Waals surface area contributed by atoms with E-state index in [9.17, 15) is 9.90 Å². The summed E-state index contributed by atoms with van der Waals surface area (Å²) in [6.45, 7) is 7.82. The Hall–Kier alpha value is -3.02. The predicted octanol–water partition coefficient (Wildman–Crippen LogP) is 3.56. The van der Waals surface area contributed by atoms with Crippen molar-refractivity contribution in [2.45, 2.75) is 58.4 Å². The number of hydrogen-bond donors (Lipinski definition) is 5. The molecule has 0 radical (unpaired) electrons. The predicted molar refractivity (Wildman–Crippen MR) is 158 cm³/mol. The lowest BCUT2D eigenvalue weighted by Gasteiger charge is -2.22. The molecule has 1 amide bonds. The third-order valence-corrected chi connectivity index (χ3v) is 6.69. The van der Waals surface area contributed by atoms with Crippen molar-refractivity contribution >= 4 is 23.8 Å². The van der Waals surface area contributed by atoms with Crippen LogP contribution in [0.3, 0.4) is 0 Å². The molecule has 11 heteroatoms. The smallest absolute Gasteiger partial charge is 0.251 e. The third-order valence-electron chi connectivity index (χ3n) is 6.69. The molecule has 1 saturated carbocycles. The lowest BCUT2D eigenvalue weighted by molar-refractivity contribution is 0.0519. The largest absolute Gasteiger partial charge is 0.394 e. The van der Waals surface area contributed by atoms with Crippen molar-refractivity contribution in [2.75, 3.05) is 68.6 Å². The van der Waals surface area contributed by atoms with Gasteiger partial charge in [0.2, 0.25) is 17.8 Å². The molecule has 0 saturated heterocycles. The lowest BCUT2D eigenvalue weighted by atomic mass is 9.89. The average molecular weight is 558 g/mol. The van der Waals surface area contributed by atoms with Crippen LogP contribution in [0.4, 0.5) is 17.8 Å². The first kappa shape index (κ1) is 31.5. The number of benzene rings is 1. The van der Waals surface area contributed by atoms with Gasteiger partial charge in [-0.2, -0.15) is 15.0 Å². The molecule has 1 atom stereocenters. The number of anilines is 3. The standard InChI is InChI=1S/C29H47N7O4/c1-22(2)19-25(21-37)33-29-35-27(34-28(36-29)32-20-23-9-5-3-6-10-23)31-14-16-40-18-17-39-15-13-30-26(38)24-11-7-4-8-12-24/h4,7-8,11-12,22-23,25,37H,3,5-6,9-10,13-21H2,1-2H3,(H,30,38)(H3,31,32,33,34,35,36)/t25-/m1/s1.